The molecule has 8 nitrogen and oxygen atoms in total. The zero-order chi connectivity index (χ0) is 17.8. The van der Waals surface area contributed by atoms with Crippen LogP contribution in [0.2, 0.25) is 0 Å². The molecule has 0 spiro atoms. The molecule has 0 saturated carbocycles. The summed E-state index contributed by atoms with van der Waals surface area (Å²) in [5.41, 5.74) is 8.24. The third-order valence-corrected chi connectivity index (χ3v) is 3.75. The van der Waals surface area contributed by atoms with Crippen molar-refractivity contribution in [2.45, 2.75) is 26.9 Å². The summed E-state index contributed by atoms with van der Waals surface area (Å²) in [5.74, 6) is 0.198. The van der Waals surface area contributed by atoms with E-state index in [1.165, 1.54) is 0 Å². The summed E-state index contributed by atoms with van der Waals surface area (Å²) in [6.45, 7) is 5.40. The number of carbonyl (C=O) groups is 1. The van der Waals surface area contributed by atoms with Crippen LogP contribution in [0.15, 0.2) is 36.5 Å². The number of fused-ring (bicyclic) bond motifs is 1. The normalized spacial score (nSPS) is 11.5. The summed E-state index contributed by atoms with van der Waals surface area (Å²) in [4.78, 5) is 21.5. The minimum absolute atomic E-state index is 0.248. The Morgan fingerprint density at radius 1 is 1.40 bits per heavy atom. The molecule has 0 aliphatic heterocycles. The summed E-state index contributed by atoms with van der Waals surface area (Å²) < 4.78 is 3.52. The first-order chi connectivity index (χ1) is 12.1. The van der Waals surface area contributed by atoms with E-state index in [9.17, 15) is 4.79 Å². The van der Waals surface area contributed by atoms with Crippen LogP contribution in [0, 0.1) is 6.92 Å². The number of rotatable bonds is 6. The molecule has 3 heterocycles. The molecule has 0 unspecified atom stereocenters. The molecular weight excluding hydrogens is 318 g/mol. The maximum Gasteiger partial charge on any atom is 0.276 e. The second kappa shape index (κ2) is 7.27. The van der Waals surface area contributed by atoms with Gasteiger partial charge in [0, 0.05) is 25.8 Å². The lowest BCUT2D eigenvalue weighted by Crippen LogP contribution is -2.20. The van der Waals surface area contributed by atoms with Crippen molar-refractivity contribution in [3.8, 4) is 0 Å². The average Bonchev–Trinajstić information content (AvgIpc) is 3.15. The number of hydrogen-bond acceptors (Lipinski definition) is 5. The third kappa shape index (κ3) is 3.43. The van der Waals surface area contributed by atoms with Crippen molar-refractivity contribution in [1.82, 2.24) is 24.3 Å². The molecule has 0 saturated heterocycles. The van der Waals surface area contributed by atoms with Gasteiger partial charge < -0.3 is 5.73 Å². The number of amides is 1. The molecule has 25 heavy (non-hydrogen) atoms. The number of imidazole rings is 1. The Morgan fingerprint density at radius 2 is 2.24 bits per heavy atom. The number of nitrogens with zero attached hydrogens (tertiary/aromatic N) is 5. The summed E-state index contributed by atoms with van der Waals surface area (Å²) in [6.07, 6.45) is 5.48. The summed E-state index contributed by atoms with van der Waals surface area (Å²) in [5, 5.41) is 7.19. The fraction of sp³-hybridized carbons (Fsp3) is 0.294. The van der Waals surface area contributed by atoms with Gasteiger partial charge in [-0.1, -0.05) is 12.2 Å². The van der Waals surface area contributed by atoms with Crippen molar-refractivity contribution in [3.05, 3.63) is 47.9 Å². The molecule has 3 aromatic heterocycles. The third-order valence-electron chi connectivity index (χ3n) is 3.75. The van der Waals surface area contributed by atoms with Gasteiger partial charge in [-0.25, -0.2) is 9.97 Å². The van der Waals surface area contributed by atoms with Gasteiger partial charge in [-0.3, -0.25) is 19.4 Å². The van der Waals surface area contributed by atoms with E-state index in [4.69, 9.17) is 5.73 Å². The fourth-order valence-corrected chi connectivity index (χ4v) is 2.64. The van der Waals surface area contributed by atoms with Crippen LogP contribution in [0.5, 0.6) is 0 Å². The first-order valence-electron chi connectivity index (χ1n) is 8.16. The highest BCUT2D eigenvalue weighted by atomic mass is 16.2. The van der Waals surface area contributed by atoms with Gasteiger partial charge in [0.1, 0.15) is 11.2 Å². The predicted molar refractivity (Wildman–Crippen MR) is 96.3 cm³/mol. The minimum Gasteiger partial charge on any atom is -0.327 e. The summed E-state index contributed by atoms with van der Waals surface area (Å²) >= 11 is 0. The molecule has 0 fully saturated rings. The maximum absolute atomic E-state index is 12.7. The molecule has 0 atom stereocenters. The number of anilines is 1. The second-order valence-corrected chi connectivity index (χ2v) is 5.54. The van der Waals surface area contributed by atoms with Crippen molar-refractivity contribution in [2.75, 3.05) is 11.9 Å². The van der Waals surface area contributed by atoms with E-state index < -0.39 is 0 Å². The molecule has 8 heteroatoms. The van der Waals surface area contributed by atoms with Crippen LogP contribution in [0.25, 0.3) is 11.2 Å². The van der Waals surface area contributed by atoms with Crippen molar-refractivity contribution in [2.24, 2.45) is 5.73 Å². The minimum atomic E-state index is -0.248. The van der Waals surface area contributed by atoms with E-state index in [-0.39, 0.29) is 5.91 Å². The van der Waals surface area contributed by atoms with E-state index in [0.29, 0.717) is 36.9 Å². The highest BCUT2D eigenvalue weighted by molar-refractivity contribution is 6.02. The number of pyridine rings is 1. The van der Waals surface area contributed by atoms with Gasteiger partial charge in [0.2, 0.25) is 5.95 Å². The van der Waals surface area contributed by atoms with E-state index in [1.807, 2.05) is 42.7 Å². The largest absolute Gasteiger partial charge is 0.327 e. The predicted octanol–water partition coefficient (Wildman–Crippen LogP) is 1.72. The molecule has 0 radical (unpaired) electrons. The summed E-state index contributed by atoms with van der Waals surface area (Å²) in [7, 11) is 0. The topological polar surface area (TPSA) is 104 Å². The maximum atomic E-state index is 12.7. The van der Waals surface area contributed by atoms with Gasteiger partial charge in [-0.15, -0.1) is 0 Å². The number of carbonyl (C=O) groups excluding carboxylic acids is 1. The molecule has 130 valence electrons. The molecular formula is C17H21N7O. The smallest absolute Gasteiger partial charge is 0.276 e. The molecule has 0 aliphatic rings. The van der Waals surface area contributed by atoms with Crippen molar-refractivity contribution >= 4 is 23.0 Å². The Hall–Kier alpha value is -3.00. The average molecular weight is 339 g/mol. The fourth-order valence-electron chi connectivity index (χ4n) is 2.64. The standard InChI is InChI=1S/C17H21N7O/c1-3-24-14(11-12(2)22-24)16(25)21-17-20-13-7-6-9-19-15(13)23(17)10-5-4-8-18/h4-7,9,11H,3,8,10,18H2,1-2H3,(H,20,21,25)/b5-4+. The van der Waals surface area contributed by atoms with E-state index >= 15 is 0 Å². The number of nitrogens with two attached hydrogens (primary N) is 1. The zero-order valence-corrected chi connectivity index (χ0v) is 14.3. The molecule has 0 aromatic carbocycles. The van der Waals surface area contributed by atoms with Crippen LogP contribution in [-0.2, 0) is 13.1 Å². The molecule has 3 aromatic rings. The van der Waals surface area contributed by atoms with Crippen LogP contribution < -0.4 is 11.1 Å². The lowest BCUT2D eigenvalue weighted by Gasteiger charge is -2.08. The van der Waals surface area contributed by atoms with Crippen LogP contribution in [0.1, 0.15) is 23.1 Å². The molecule has 3 rings (SSSR count). The number of allylic oxidation sites excluding steroid dienone is 1. The first kappa shape index (κ1) is 16.8. The number of aromatic nitrogens is 5. The second-order valence-electron chi connectivity index (χ2n) is 5.54. The number of aryl methyl sites for hydroxylation is 2. The Kier molecular flexibility index (Phi) is 4.90. The van der Waals surface area contributed by atoms with Gasteiger partial charge in [0.15, 0.2) is 5.65 Å². The Morgan fingerprint density at radius 3 is 3.00 bits per heavy atom. The van der Waals surface area contributed by atoms with Gasteiger partial charge in [0.25, 0.3) is 5.91 Å². The van der Waals surface area contributed by atoms with Crippen LogP contribution in [0.4, 0.5) is 5.95 Å². The molecule has 0 aliphatic carbocycles. The molecule has 1 amide bonds. The highest BCUT2D eigenvalue weighted by Gasteiger charge is 2.17. The van der Waals surface area contributed by atoms with Crippen LogP contribution in [-0.4, -0.2) is 36.8 Å². The van der Waals surface area contributed by atoms with Crippen molar-refractivity contribution < 1.29 is 4.79 Å². The van der Waals surface area contributed by atoms with Gasteiger partial charge >= 0.3 is 0 Å². The van der Waals surface area contributed by atoms with Crippen molar-refractivity contribution in [3.63, 3.8) is 0 Å². The van der Waals surface area contributed by atoms with E-state index in [1.54, 1.807) is 16.9 Å². The monoisotopic (exact) mass is 339 g/mol. The Bertz CT molecular complexity index is 922. The van der Waals surface area contributed by atoms with Gasteiger partial charge in [-0.05, 0) is 32.0 Å². The van der Waals surface area contributed by atoms with Gasteiger partial charge in [-0.2, -0.15) is 5.10 Å². The quantitative estimate of drug-likeness (QED) is 0.666. The van der Waals surface area contributed by atoms with Crippen molar-refractivity contribution in [1.29, 1.82) is 0 Å². The van der Waals surface area contributed by atoms with Gasteiger partial charge in [0.05, 0.1) is 5.69 Å². The highest BCUT2D eigenvalue weighted by Crippen LogP contribution is 2.18. The first-order valence-corrected chi connectivity index (χ1v) is 8.16. The van der Waals surface area contributed by atoms with E-state index in [2.05, 4.69) is 20.4 Å². The van der Waals surface area contributed by atoms with Crippen LogP contribution in [0.3, 0.4) is 0 Å². The summed E-state index contributed by atoms with van der Waals surface area (Å²) in [6, 6.07) is 5.44. The number of hydrogen-bond donors (Lipinski definition) is 2. The lowest BCUT2D eigenvalue weighted by molar-refractivity contribution is 0.101. The SMILES string of the molecule is CCn1nc(C)cc1C(=O)Nc1nc2cccnc2n1C/C=C/CN. The molecule has 0 bridgehead atoms. The Labute approximate surface area is 145 Å². The number of nitrogens with one attached hydrogen (secondary N) is 1. The Balaban J connectivity index is 1.95. The van der Waals surface area contributed by atoms with E-state index in [0.717, 1.165) is 11.2 Å². The lowest BCUT2D eigenvalue weighted by atomic mass is 10.3. The van der Waals surface area contributed by atoms with Crippen LogP contribution >= 0.6 is 0 Å². The molecule has 3 N–H and O–H groups in total. The zero-order valence-electron chi connectivity index (χ0n) is 14.3.